The number of aryl methyl sites for hydroxylation is 1. The number of sulfone groups is 1. The summed E-state index contributed by atoms with van der Waals surface area (Å²) >= 11 is 0. The van der Waals surface area contributed by atoms with Gasteiger partial charge in [0.05, 0.1) is 17.0 Å². The molecule has 4 aromatic rings. The number of benzene rings is 3. The number of carbonyl (C=O) groups is 1. The van der Waals surface area contributed by atoms with Gasteiger partial charge in [0.1, 0.15) is 5.69 Å². The Morgan fingerprint density at radius 3 is 2.12 bits per heavy atom. The van der Waals surface area contributed by atoms with Crippen LogP contribution in [0.4, 0.5) is 0 Å². The van der Waals surface area contributed by atoms with Gasteiger partial charge in [-0.3, -0.25) is 4.79 Å². The standard InChI is InChI=1S/C25H22N2O4S/c1-18-8-10-20(11-9-18)23-24(21-12-14-22(15-13-21)32(2,29)30)26-27(25(23)31-17-28)16-19-6-4-3-5-7-19/h3-15,17H,16H2,1-2H3. The number of ether oxygens (including phenoxy) is 1. The number of hydrogen-bond acceptors (Lipinski definition) is 5. The van der Waals surface area contributed by atoms with Gasteiger partial charge in [0.25, 0.3) is 6.47 Å². The molecule has 32 heavy (non-hydrogen) atoms. The van der Waals surface area contributed by atoms with Crippen molar-refractivity contribution >= 4 is 16.3 Å². The molecule has 0 atom stereocenters. The Hall–Kier alpha value is -3.71. The summed E-state index contributed by atoms with van der Waals surface area (Å²) in [6, 6.07) is 24.1. The first-order valence-corrected chi connectivity index (χ1v) is 11.9. The first-order valence-electron chi connectivity index (χ1n) is 9.99. The minimum absolute atomic E-state index is 0.228. The maximum atomic E-state index is 11.9. The SMILES string of the molecule is Cc1ccc(-c2c(-c3ccc(S(C)(=O)=O)cc3)nn(Cc3ccccc3)c2OC=O)cc1. The van der Waals surface area contributed by atoms with Crippen LogP contribution in [0.5, 0.6) is 5.88 Å². The third-order valence-corrected chi connectivity index (χ3v) is 6.27. The third kappa shape index (κ3) is 4.48. The van der Waals surface area contributed by atoms with Crippen LogP contribution in [0.2, 0.25) is 0 Å². The summed E-state index contributed by atoms with van der Waals surface area (Å²) in [6.45, 7) is 2.80. The van der Waals surface area contributed by atoms with Crippen LogP contribution >= 0.6 is 0 Å². The molecule has 162 valence electrons. The number of hydrogen-bond donors (Lipinski definition) is 0. The Labute approximate surface area is 187 Å². The van der Waals surface area contributed by atoms with Crippen LogP contribution < -0.4 is 4.74 Å². The fraction of sp³-hybridized carbons (Fsp3) is 0.120. The number of rotatable bonds is 7. The molecular formula is C25H22N2O4S. The highest BCUT2D eigenvalue weighted by atomic mass is 32.2. The van der Waals surface area contributed by atoms with Gasteiger partial charge in [-0.2, -0.15) is 5.10 Å². The lowest BCUT2D eigenvalue weighted by molar-refractivity contribution is -0.121. The summed E-state index contributed by atoms with van der Waals surface area (Å²) in [5.74, 6) is 0.329. The summed E-state index contributed by atoms with van der Waals surface area (Å²) in [6.07, 6.45) is 1.17. The Bertz CT molecular complexity index is 1340. The average Bonchev–Trinajstić information content (AvgIpc) is 3.13. The predicted molar refractivity (Wildman–Crippen MR) is 123 cm³/mol. The van der Waals surface area contributed by atoms with E-state index in [1.807, 2.05) is 61.5 Å². The molecule has 0 aliphatic rings. The van der Waals surface area contributed by atoms with Gasteiger partial charge in [-0.1, -0.05) is 72.3 Å². The van der Waals surface area contributed by atoms with E-state index >= 15 is 0 Å². The highest BCUT2D eigenvalue weighted by molar-refractivity contribution is 7.90. The summed E-state index contributed by atoms with van der Waals surface area (Å²) in [5, 5.41) is 4.77. The molecule has 4 rings (SSSR count). The zero-order valence-corrected chi connectivity index (χ0v) is 18.5. The lowest BCUT2D eigenvalue weighted by atomic mass is 10.0. The second-order valence-corrected chi connectivity index (χ2v) is 9.56. The van der Waals surface area contributed by atoms with Crippen molar-refractivity contribution in [1.29, 1.82) is 0 Å². The van der Waals surface area contributed by atoms with Crippen molar-refractivity contribution < 1.29 is 17.9 Å². The van der Waals surface area contributed by atoms with Crippen molar-refractivity contribution in [2.75, 3.05) is 6.26 Å². The zero-order valence-electron chi connectivity index (χ0n) is 17.7. The fourth-order valence-corrected chi connectivity index (χ4v) is 4.15. The molecule has 6 nitrogen and oxygen atoms in total. The predicted octanol–water partition coefficient (Wildman–Crippen LogP) is 4.51. The van der Waals surface area contributed by atoms with Gasteiger partial charge in [0.2, 0.25) is 5.88 Å². The zero-order chi connectivity index (χ0) is 22.7. The monoisotopic (exact) mass is 446 g/mol. The number of nitrogens with zero attached hydrogens (tertiary/aromatic N) is 2. The molecule has 0 unspecified atom stereocenters. The van der Waals surface area contributed by atoms with Gasteiger partial charge in [-0.25, -0.2) is 13.1 Å². The second-order valence-electron chi connectivity index (χ2n) is 7.55. The molecule has 0 bridgehead atoms. The van der Waals surface area contributed by atoms with E-state index in [-0.39, 0.29) is 4.90 Å². The molecule has 0 N–H and O–H groups in total. The molecule has 0 saturated carbocycles. The Morgan fingerprint density at radius 1 is 0.906 bits per heavy atom. The van der Waals surface area contributed by atoms with E-state index in [2.05, 4.69) is 0 Å². The minimum Gasteiger partial charge on any atom is -0.409 e. The molecule has 0 spiro atoms. The molecule has 0 aliphatic heterocycles. The molecule has 0 fully saturated rings. The quantitative estimate of drug-likeness (QED) is 0.390. The summed E-state index contributed by atoms with van der Waals surface area (Å²) in [7, 11) is -3.32. The molecule has 1 heterocycles. The summed E-state index contributed by atoms with van der Waals surface area (Å²) in [4.78, 5) is 11.6. The van der Waals surface area contributed by atoms with Gasteiger partial charge in [-0.15, -0.1) is 0 Å². The topological polar surface area (TPSA) is 78.3 Å². The molecular weight excluding hydrogens is 424 g/mol. The van der Waals surface area contributed by atoms with E-state index in [4.69, 9.17) is 9.84 Å². The van der Waals surface area contributed by atoms with E-state index in [1.165, 1.54) is 6.26 Å². The molecule has 0 radical (unpaired) electrons. The lowest BCUT2D eigenvalue weighted by Crippen LogP contribution is -2.05. The van der Waals surface area contributed by atoms with Crippen LogP contribution in [0.15, 0.2) is 83.8 Å². The lowest BCUT2D eigenvalue weighted by Gasteiger charge is -2.08. The van der Waals surface area contributed by atoms with Gasteiger partial charge >= 0.3 is 0 Å². The van der Waals surface area contributed by atoms with Crippen LogP contribution in [-0.2, 0) is 21.2 Å². The van der Waals surface area contributed by atoms with Crippen LogP contribution in [0.1, 0.15) is 11.1 Å². The Kier molecular flexibility index (Phi) is 5.92. The highest BCUT2D eigenvalue weighted by Crippen LogP contribution is 2.39. The number of carbonyl (C=O) groups excluding carboxylic acids is 1. The maximum absolute atomic E-state index is 11.9. The number of aromatic nitrogens is 2. The van der Waals surface area contributed by atoms with Crippen LogP contribution in [0, 0.1) is 6.92 Å². The van der Waals surface area contributed by atoms with E-state index in [0.717, 1.165) is 22.3 Å². The van der Waals surface area contributed by atoms with Crippen LogP contribution in [-0.4, -0.2) is 30.9 Å². The fourth-order valence-electron chi connectivity index (χ4n) is 3.52. The van der Waals surface area contributed by atoms with Gasteiger partial charge in [-0.05, 0) is 30.2 Å². The molecule has 0 saturated heterocycles. The molecule has 3 aromatic carbocycles. The van der Waals surface area contributed by atoms with Crippen molar-refractivity contribution in [1.82, 2.24) is 9.78 Å². The van der Waals surface area contributed by atoms with Crippen molar-refractivity contribution in [3.8, 4) is 28.3 Å². The summed E-state index contributed by atoms with van der Waals surface area (Å²) in [5.41, 5.74) is 4.92. The Balaban J connectivity index is 1.91. The van der Waals surface area contributed by atoms with E-state index in [1.54, 1.807) is 28.9 Å². The van der Waals surface area contributed by atoms with Crippen molar-refractivity contribution in [2.24, 2.45) is 0 Å². The normalized spacial score (nSPS) is 11.3. The van der Waals surface area contributed by atoms with Crippen molar-refractivity contribution in [3.05, 3.63) is 90.0 Å². The first-order chi connectivity index (χ1) is 15.4. The second kappa shape index (κ2) is 8.80. The van der Waals surface area contributed by atoms with Crippen molar-refractivity contribution in [2.45, 2.75) is 18.4 Å². The van der Waals surface area contributed by atoms with Gasteiger partial charge in [0, 0.05) is 11.8 Å². The van der Waals surface area contributed by atoms with Gasteiger partial charge < -0.3 is 4.74 Å². The average molecular weight is 447 g/mol. The van der Waals surface area contributed by atoms with E-state index in [9.17, 15) is 13.2 Å². The van der Waals surface area contributed by atoms with E-state index < -0.39 is 9.84 Å². The maximum Gasteiger partial charge on any atom is 0.299 e. The smallest absolute Gasteiger partial charge is 0.299 e. The van der Waals surface area contributed by atoms with Crippen LogP contribution in [0.25, 0.3) is 22.4 Å². The highest BCUT2D eigenvalue weighted by Gasteiger charge is 2.23. The molecule has 0 amide bonds. The first kappa shape index (κ1) is 21.5. The van der Waals surface area contributed by atoms with E-state index in [0.29, 0.717) is 30.2 Å². The molecule has 1 aromatic heterocycles. The van der Waals surface area contributed by atoms with Crippen LogP contribution in [0.3, 0.4) is 0 Å². The largest absolute Gasteiger partial charge is 0.409 e. The van der Waals surface area contributed by atoms with Gasteiger partial charge in [0.15, 0.2) is 9.84 Å². The Morgan fingerprint density at radius 2 is 1.53 bits per heavy atom. The minimum atomic E-state index is -3.32. The molecule has 7 heteroatoms. The summed E-state index contributed by atoms with van der Waals surface area (Å²) < 4.78 is 30.8. The van der Waals surface area contributed by atoms with Crippen molar-refractivity contribution in [3.63, 3.8) is 0 Å². The molecule has 0 aliphatic carbocycles. The third-order valence-electron chi connectivity index (χ3n) is 5.14.